The minimum atomic E-state index is -1.17. The molecule has 0 aromatic carbocycles. The molecular formula is C22H30N8O4. The highest BCUT2D eigenvalue weighted by Crippen LogP contribution is 2.41. The molecule has 34 heavy (non-hydrogen) atoms. The van der Waals surface area contributed by atoms with Crippen molar-refractivity contribution < 1.29 is 19.7 Å². The smallest absolute Gasteiger partial charge is 0.164 e. The molecule has 0 bridgehead atoms. The highest BCUT2D eigenvalue weighted by molar-refractivity contribution is 5.99. The van der Waals surface area contributed by atoms with Crippen LogP contribution in [0.1, 0.15) is 26.0 Å². The molecule has 182 valence electrons. The topological polar surface area (TPSA) is 161 Å². The van der Waals surface area contributed by atoms with E-state index in [1.165, 1.54) is 6.33 Å². The SMILES string of the molecule is C[C@@H]1C[C@H](NC2OC2[C@H]2O[C@@H](n3cc(-c4ccn(C)n4)c4c(N)ncnc43)[C@H](O)[C@@H]2O)CCN1. The Morgan fingerprint density at radius 3 is 2.82 bits per heavy atom. The van der Waals surface area contributed by atoms with E-state index in [0.717, 1.165) is 24.9 Å². The predicted octanol–water partition coefficient (Wildman–Crippen LogP) is -0.512. The second-order valence-corrected chi connectivity index (χ2v) is 9.52. The number of aryl methyl sites for hydroxylation is 1. The molecule has 0 spiro atoms. The first-order valence-corrected chi connectivity index (χ1v) is 11.7. The van der Waals surface area contributed by atoms with Gasteiger partial charge in [-0.1, -0.05) is 0 Å². The van der Waals surface area contributed by atoms with Crippen LogP contribution in [-0.2, 0) is 16.5 Å². The molecule has 2 unspecified atom stereocenters. The van der Waals surface area contributed by atoms with Crippen molar-refractivity contribution in [1.29, 1.82) is 0 Å². The molecule has 0 aliphatic carbocycles. The van der Waals surface area contributed by atoms with Gasteiger partial charge in [0.1, 0.15) is 48.4 Å². The number of fused-ring (bicyclic) bond motifs is 1. The number of aliphatic hydroxyl groups is 2. The van der Waals surface area contributed by atoms with Gasteiger partial charge in [-0.15, -0.1) is 0 Å². The molecule has 3 saturated heterocycles. The number of piperidine rings is 1. The average Bonchev–Trinajstić information content (AvgIpc) is 3.11. The first-order chi connectivity index (χ1) is 16.4. The summed E-state index contributed by atoms with van der Waals surface area (Å²) in [4.78, 5) is 8.53. The summed E-state index contributed by atoms with van der Waals surface area (Å²) in [6.07, 6.45) is 2.67. The third-order valence-corrected chi connectivity index (χ3v) is 7.05. The quantitative estimate of drug-likeness (QED) is 0.307. The van der Waals surface area contributed by atoms with Crippen molar-refractivity contribution in [2.45, 2.75) is 68.7 Å². The molecule has 3 aromatic rings. The molecule has 12 nitrogen and oxygen atoms in total. The van der Waals surface area contributed by atoms with Crippen LogP contribution in [0.15, 0.2) is 24.8 Å². The van der Waals surface area contributed by atoms with E-state index in [4.69, 9.17) is 15.2 Å². The summed E-state index contributed by atoms with van der Waals surface area (Å²) in [5, 5.41) is 33.8. The zero-order valence-corrected chi connectivity index (χ0v) is 19.1. The normalized spacial score (nSPS) is 35.8. The van der Waals surface area contributed by atoms with Crippen molar-refractivity contribution in [2.75, 3.05) is 12.3 Å². The van der Waals surface area contributed by atoms with Gasteiger partial charge in [0.15, 0.2) is 6.23 Å². The van der Waals surface area contributed by atoms with Crippen LogP contribution in [0.3, 0.4) is 0 Å². The monoisotopic (exact) mass is 470 g/mol. The number of ether oxygens (including phenoxy) is 2. The second-order valence-electron chi connectivity index (χ2n) is 9.52. The van der Waals surface area contributed by atoms with E-state index in [-0.39, 0.29) is 12.3 Å². The lowest BCUT2D eigenvalue weighted by Crippen LogP contribution is -2.46. The van der Waals surface area contributed by atoms with Crippen molar-refractivity contribution in [3.05, 3.63) is 24.8 Å². The van der Waals surface area contributed by atoms with Gasteiger partial charge in [0, 0.05) is 37.1 Å². The number of nitrogen functional groups attached to an aromatic ring is 1. The molecule has 3 aliphatic heterocycles. The van der Waals surface area contributed by atoms with Gasteiger partial charge in [-0.3, -0.25) is 10.00 Å². The fourth-order valence-electron chi connectivity index (χ4n) is 5.27. The van der Waals surface area contributed by atoms with Crippen LogP contribution in [0.2, 0.25) is 0 Å². The Balaban J connectivity index is 1.25. The van der Waals surface area contributed by atoms with Crippen LogP contribution in [0.25, 0.3) is 22.3 Å². The van der Waals surface area contributed by atoms with Crippen molar-refractivity contribution >= 4 is 16.9 Å². The minimum absolute atomic E-state index is 0.204. The summed E-state index contributed by atoms with van der Waals surface area (Å²) >= 11 is 0. The zero-order chi connectivity index (χ0) is 23.6. The fourth-order valence-corrected chi connectivity index (χ4v) is 5.27. The molecular weight excluding hydrogens is 440 g/mol. The van der Waals surface area contributed by atoms with E-state index in [2.05, 4.69) is 32.6 Å². The Kier molecular flexibility index (Phi) is 5.32. The standard InChI is InChI=1S/C22H30N8O4/c1-10-7-11(3-5-24-10)27-21-18(33-21)17-15(31)16(32)22(34-17)30-8-12(13-4-6-29(2)28-13)14-19(23)25-9-26-20(14)30/h4,6,8-11,15-18,21-22,24,27,31-32H,3,5,7H2,1-2H3,(H2,23,25,26)/t10-,11-,15+,16-,17+,18?,21?,22-/m1/s1. The molecule has 3 aliphatic rings. The number of epoxide rings is 1. The van der Waals surface area contributed by atoms with Crippen LogP contribution >= 0.6 is 0 Å². The van der Waals surface area contributed by atoms with Crippen molar-refractivity contribution in [3.63, 3.8) is 0 Å². The number of hydrogen-bond acceptors (Lipinski definition) is 10. The van der Waals surface area contributed by atoms with Gasteiger partial charge >= 0.3 is 0 Å². The summed E-state index contributed by atoms with van der Waals surface area (Å²) in [6.45, 7) is 3.13. The van der Waals surface area contributed by atoms with Gasteiger partial charge in [-0.25, -0.2) is 9.97 Å². The van der Waals surface area contributed by atoms with E-state index < -0.39 is 24.5 Å². The van der Waals surface area contributed by atoms with Crippen molar-refractivity contribution in [2.24, 2.45) is 7.05 Å². The maximum atomic E-state index is 10.9. The zero-order valence-electron chi connectivity index (χ0n) is 19.1. The number of hydrogen-bond donors (Lipinski definition) is 5. The molecule has 6 rings (SSSR count). The summed E-state index contributed by atoms with van der Waals surface area (Å²) in [7, 11) is 1.83. The fraction of sp³-hybridized carbons (Fsp3) is 0.591. The number of nitrogens with two attached hydrogens (primary N) is 1. The van der Waals surface area contributed by atoms with E-state index in [1.807, 2.05) is 19.3 Å². The van der Waals surface area contributed by atoms with E-state index in [9.17, 15) is 10.2 Å². The average molecular weight is 471 g/mol. The lowest BCUT2D eigenvalue weighted by Gasteiger charge is -2.28. The van der Waals surface area contributed by atoms with E-state index in [1.54, 1.807) is 15.4 Å². The molecule has 0 saturated carbocycles. The highest BCUT2D eigenvalue weighted by atomic mass is 16.6. The van der Waals surface area contributed by atoms with Crippen LogP contribution in [0, 0.1) is 0 Å². The second kappa shape index (κ2) is 8.26. The summed E-state index contributed by atoms with van der Waals surface area (Å²) < 4.78 is 15.4. The Labute approximate surface area is 196 Å². The predicted molar refractivity (Wildman–Crippen MR) is 122 cm³/mol. The van der Waals surface area contributed by atoms with Gasteiger partial charge in [-0.05, 0) is 32.4 Å². The third kappa shape index (κ3) is 3.67. The Hall–Kier alpha value is -2.61. The molecule has 12 heteroatoms. The van der Waals surface area contributed by atoms with Gasteiger partial charge in [0.2, 0.25) is 0 Å². The Morgan fingerprint density at radius 1 is 1.21 bits per heavy atom. The minimum Gasteiger partial charge on any atom is -0.387 e. The van der Waals surface area contributed by atoms with E-state index >= 15 is 0 Å². The molecule has 0 amide bonds. The van der Waals surface area contributed by atoms with Crippen LogP contribution in [0.5, 0.6) is 0 Å². The number of aromatic nitrogens is 5. The lowest BCUT2D eigenvalue weighted by atomic mass is 10.0. The number of aliphatic hydroxyl groups excluding tert-OH is 2. The number of nitrogens with one attached hydrogen (secondary N) is 2. The first-order valence-electron chi connectivity index (χ1n) is 11.7. The number of rotatable bonds is 5. The number of anilines is 1. The molecule has 6 N–H and O–H groups in total. The molecule has 8 atom stereocenters. The Bertz CT molecular complexity index is 1200. The number of nitrogens with zero attached hydrogens (tertiary/aromatic N) is 5. The lowest BCUT2D eigenvalue weighted by molar-refractivity contribution is -0.0420. The van der Waals surface area contributed by atoms with Gasteiger partial charge < -0.3 is 35.3 Å². The molecule has 3 aromatic heterocycles. The van der Waals surface area contributed by atoms with Crippen LogP contribution < -0.4 is 16.4 Å². The van der Waals surface area contributed by atoms with Gasteiger partial charge in [0.25, 0.3) is 0 Å². The first kappa shape index (κ1) is 21.9. The third-order valence-electron chi connectivity index (χ3n) is 7.05. The summed E-state index contributed by atoms with van der Waals surface area (Å²) in [5.74, 6) is 0.306. The summed E-state index contributed by atoms with van der Waals surface area (Å²) in [6, 6.07) is 2.66. The maximum Gasteiger partial charge on any atom is 0.164 e. The molecule has 6 heterocycles. The van der Waals surface area contributed by atoms with Crippen LogP contribution in [0.4, 0.5) is 5.82 Å². The van der Waals surface area contributed by atoms with Gasteiger partial charge in [-0.2, -0.15) is 5.10 Å². The molecule has 0 radical (unpaired) electrons. The van der Waals surface area contributed by atoms with Crippen molar-refractivity contribution in [3.8, 4) is 11.3 Å². The van der Waals surface area contributed by atoms with Gasteiger partial charge in [0.05, 0.1) is 11.1 Å². The Morgan fingerprint density at radius 2 is 2.06 bits per heavy atom. The van der Waals surface area contributed by atoms with Crippen molar-refractivity contribution in [1.82, 2.24) is 34.9 Å². The molecule has 3 fully saturated rings. The summed E-state index contributed by atoms with van der Waals surface area (Å²) in [5.41, 5.74) is 8.12. The maximum absolute atomic E-state index is 10.9. The highest BCUT2D eigenvalue weighted by Gasteiger charge is 2.57. The van der Waals surface area contributed by atoms with Crippen LogP contribution in [-0.4, -0.2) is 83.8 Å². The van der Waals surface area contributed by atoms with E-state index in [0.29, 0.717) is 34.6 Å². The largest absolute Gasteiger partial charge is 0.387 e.